The van der Waals surface area contributed by atoms with E-state index in [1.165, 1.54) is 68.1 Å². The third-order valence-electron chi connectivity index (χ3n) is 20.5. The predicted molar refractivity (Wildman–Crippen MR) is 259 cm³/mol. The van der Waals surface area contributed by atoms with E-state index in [2.05, 4.69) is 70.5 Å². The van der Waals surface area contributed by atoms with Gasteiger partial charge in [0.05, 0.1) is 18.6 Å². The van der Waals surface area contributed by atoms with Crippen molar-refractivity contribution >= 4 is 17.9 Å². The number of fused-ring (bicyclic) bond motifs is 7. The average molecular weight is 911 g/mol. The molecule has 0 unspecified atom stereocenters. The van der Waals surface area contributed by atoms with Gasteiger partial charge in [-0.2, -0.15) is 0 Å². The lowest BCUT2D eigenvalue weighted by atomic mass is 9.33. The number of nitrogens with one attached hydrogen (secondary N) is 1. The lowest BCUT2D eigenvalue weighted by Gasteiger charge is -2.72. The fraction of sp³-hybridized carbons (Fsp3) is 0.737. The monoisotopic (exact) mass is 911 g/mol. The van der Waals surface area contributed by atoms with Gasteiger partial charge < -0.3 is 24.4 Å². The molecule has 1 aromatic carbocycles. The maximum atomic E-state index is 14.8. The first kappa shape index (κ1) is 49.1. The second-order valence-corrected chi connectivity index (χ2v) is 23.6. The molecule has 10 atom stereocenters. The number of ether oxygens (including phenoxy) is 3. The number of rotatable bonds is 14. The largest absolute Gasteiger partial charge is 0.465 e. The molecule has 5 fully saturated rings. The summed E-state index contributed by atoms with van der Waals surface area (Å²) in [4.78, 5) is 42.1. The molecule has 1 saturated heterocycles. The van der Waals surface area contributed by atoms with E-state index >= 15 is 0 Å². The molecule has 1 aliphatic heterocycles. The number of hydrogen-bond donors (Lipinski definition) is 1. The third-order valence-corrected chi connectivity index (χ3v) is 20.5. The van der Waals surface area contributed by atoms with E-state index in [1.807, 2.05) is 30.3 Å². The van der Waals surface area contributed by atoms with Crippen LogP contribution in [0.25, 0.3) is 0 Å². The topological polar surface area (TPSA) is 94.2 Å². The van der Waals surface area contributed by atoms with E-state index in [9.17, 15) is 18.8 Å². The van der Waals surface area contributed by atoms with Gasteiger partial charge in [0.1, 0.15) is 13.3 Å². The summed E-state index contributed by atoms with van der Waals surface area (Å²) in [5.74, 6) is 1.57. The van der Waals surface area contributed by atoms with Crippen LogP contribution < -0.4 is 5.32 Å². The van der Waals surface area contributed by atoms with Crippen molar-refractivity contribution in [1.29, 1.82) is 0 Å². The van der Waals surface area contributed by atoms with Gasteiger partial charge in [0.2, 0.25) is 0 Å². The summed E-state index contributed by atoms with van der Waals surface area (Å²) >= 11 is 0. The SMILES string of the molecule is C=C(C)[C@@H]1CC[C@]2(NCCN3CCC(C(=O)OCC)(C(=O)OCC)CC3)CC[C@]3(C)[C@H](CC[C@@H]4[C@@]5(C)CC=C(C6=CC[C@@](CF)(C(=O)OCc7ccccc7)CC6)C(C)(C)[C@@H]5CC[C@]43C)[C@@H]12. The van der Waals surface area contributed by atoms with Crippen LogP contribution in [-0.4, -0.2) is 74.4 Å². The van der Waals surface area contributed by atoms with Crippen molar-refractivity contribution in [3.63, 3.8) is 0 Å². The minimum Gasteiger partial charge on any atom is -0.465 e. The number of halogens is 1. The van der Waals surface area contributed by atoms with Crippen LogP contribution in [0.2, 0.25) is 0 Å². The molecule has 0 aromatic heterocycles. The lowest BCUT2D eigenvalue weighted by Crippen LogP contribution is -2.68. The molecule has 6 aliphatic carbocycles. The maximum Gasteiger partial charge on any atom is 0.323 e. The van der Waals surface area contributed by atoms with Crippen LogP contribution in [0.15, 0.2) is 65.8 Å². The Hall–Kier alpha value is -3.30. The first-order valence-corrected chi connectivity index (χ1v) is 26.0. The Morgan fingerprint density at radius 3 is 2.09 bits per heavy atom. The molecule has 7 aliphatic rings. The fourth-order valence-electron chi connectivity index (χ4n) is 16.6. The van der Waals surface area contributed by atoms with Gasteiger partial charge in [-0.05, 0) is 192 Å². The van der Waals surface area contributed by atoms with Crippen LogP contribution >= 0.6 is 0 Å². The normalized spacial score (nSPS) is 38.0. The number of carbonyl (C=O) groups excluding carboxylic acids is 3. The van der Waals surface area contributed by atoms with Gasteiger partial charge in [0, 0.05) is 18.6 Å². The smallest absolute Gasteiger partial charge is 0.323 e. The molecule has 1 heterocycles. The molecule has 0 spiro atoms. The molecule has 0 bridgehead atoms. The highest BCUT2D eigenvalue weighted by atomic mass is 19.1. The number of piperidine rings is 1. The second-order valence-electron chi connectivity index (χ2n) is 23.6. The van der Waals surface area contributed by atoms with Crippen molar-refractivity contribution in [2.75, 3.05) is 46.1 Å². The summed E-state index contributed by atoms with van der Waals surface area (Å²) in [6.07, 6.45) is 18.1. The zero-order chi connectivity index (χ0) is 47.3. The number of alkyl halides is 1. The first-order valence-electron chi connectivity index (χ1n) is 26.0. The number of nitrogens with zero attached hydrogens (tertiary/aromatic N) is 1. The molecule has 66 heavy (non-hydrogen) atoms. The van der Waals surface area contributed by atoms with Crippen molar-refractivity contribution in [3.05, 3.63) is 71.3 Å². The summed E-state index contributed by atoms with van der Waals surface area (Å²) in [5.41, 5.74) is 3.38. The van der Waals surface area contributed by atoms with Gasteiger partial charge in [-0.15, -0.1) is 0 Å². The highest BCUT2D eigenvalue weighted by Gasteiger charge is 2.70. The molecular formula is C57H83FN2O6. The number of likely N-dealkylation sites (tertiary alicyclic amines) is 1. The van der Waals surface area contributed by atoms with Crippen LogP contribution in [-0.2, 0) is 35.2 Å². The Morgan fingerprint density at radius 2 is 1.47 bits per heavy atom. The Kier molecular flexibility index (Phi) is 13.8. The Bertz CT molecular complexity index is 2040. The van der Waals surface area contributed by atoms with Crippen LogP contribution in [0, 0.1) is 62.1 Å². The number of carbonyl (C=O) groups is 3. The highest BCUT2D eigenvalue weighted by Crippen LogP contribution is 2.76. The number of hydrogen-bond acceptors (Lipinski definition) is 8. The summed E-state index contributed by atoms with van der Waals surface area (Å²) in [6, 6.07) is 9.66. The average Bonchev–Trinajstić information content (AvgIpc) is 3.69. The van der Waals surface area contributed by atoms with Gasteiger partial charge in [0.25, 0.3) is 0 Å². The van der Waals surface area contributed by atoms with E-state index in [4.69, 9.17) is 14.2 Å². The highest BCUT2D eigenvalue weighted by molar-refractivity contribution is 6.00. The summed E-state index contributed by atoms with van der Waals surface area (Å²) in [6.45, 7) is 26.6. The maximum absolute atomic E-state index is 14.8. The van der Waals surface area contributed by atoms with Crippen molar-refractivity contribution in [3.8, 4) is 0 Å². The standard InChI is InChI=1S/C57H83FN2O6/c1-10-64-49(62)56(50(63)65-11-2)31-34-60(35-32-56)36-33-59-57-28-21-42(39(3)4)47(57)44-17-18-46-52(7)24-22-43(51(5,6)45(52)23-25-54(46,9)53(44,8)29-30-57)41-19-26-55(38-58,27-20-41)48(61)66-37-40-15-13-12-14-16-40/h12-16,19,22,42,44-47,59H,3,10-11,17-18,20-21,23-38H2,1-2,4-9H3/t42-,44+,45-,46+,47+,52-,53+,54+,55+,57-/m0/s1. The van der Waals surface area contributed by atoms with Crippen LogP contribution in [0.4, 0.5) is 4.39 Å². The van der Waals surface area contributed by atoms with E-state index in [0.29, 0.717) is 74.8 Å². The first-order chi connectivity index (χ1) is 31.4. The van der Waals surface area contributed by atoms with Crippen molar-refractivity contribution in [2.45, 2.75) is 157 Å². The van der Waals surface area contributed by atoms with Gasteiger partial charge >= 0.3 is 17.9 Å². The molecule has 0 amide bonds. The minimum absolute atomic E-state index is 0.0307. The fourth-order valence-corrected chi connectivity index (χ4v) is 16.6. The summed E-state index contributed by atoms with van der Waals surface area (Å²) < 4.78 is 31.4. The predicted octanol–water partition coefficient (Wildman–Crippen LogP) is 11.5. The molecule has 364 valence electrons. The van der Waals surface area contributed by atoms with E-state index in [1.54, 1.807) is 13.8 Å². The number of allylic oxidation sites excluding steroid dienone is 5. The van der Waals surface area contributed by atoms with E-state index < -0.39 is 35.4 Å². The van der Waals surface area contributed by atoms with E-state index in [0.717, 1.165) is 25.1 Å². The Morgan fingerprint density at radius 1 is 0.773 bits per heavy atom. The summed E-state index contributed by atoms with van der Waals surface area (Å²) in [7, 11) is 0. The quantitative estimate of drug-likeness (QED) is 0.0854. The molecule has 4 saturated carbocycles. The number of benzene rings is 1. The zero-order valence-corrected chi connectivity index (χ0v) is 42.0. The van der Waals surface area contributed by atoms with Crippen molar-refractivity contribution in [2.24, 2.45) is 62.1 Å². The Balaban J connectivity index is 0.961. The second kappa shape index (κ2) is 18.6. The molecule has 1 N–H and O–H groups in total. The Labute approximate surface area is 396 Å². The molecule has 9 heteroatoms. The van der Waals surface area contributed by atoms with Crippen LogP contribution in [0.3, 0.4) is 0 Å². The molecule has 8 nitrogen and oxygen atoms in total. The van der Waals surface area contributed by atoms with Crippen LogP contribution in [0.1, 0.15) is 151 Å². The van der Waals surface area contributed by atoms with Crippen molar-refractivity contribution < 1.29 is 33.0 Å². The molecule has 0 radical (unpaired) electrons. The number of esters is 3. The zero-order valence-electron chi connectivity index (χ0n) is 42.0. The molecule has 1 aromatic rings. The van der Waals surface area contributed by atoms with Gasteiger partial charge in [-0.3, -0.25) is 14.4 Å². The molecule has 8 rings (SSSR count). The van der Waals surface area contributed by atoms with Crippen LogP contribution in [0.5, 0.6) is 0 Å². The van der Waals surface area contributed by atoms with Crippen molar-refractivity contribution in [1.82, 2.24) is 10.2 Å². The summed E-state index contributed by atoms with van der Waals surface area (Å²) in [5, 5.41) is 4.27. The third kappa shape index (κ3) is 7.98. The van der Waals surface area contributed by atoms with Gasteiger partial charge in [0.15, 0.2) is 5.41 Å². The van der Waals surface area contributed by atoms with Gasteiger partial charge in [-0.1, -0.05) is 89.3 Å². The van der Waals surface area contributed by atoms with Gasteiger partial charge in [-0.25, -0.2) is 4.39 Å². The lowest BCUT2D eigenvalue weighted by molar-refractivity contribution is -0.221. The molecular weight excluding hydrogens is 828 g/mol. The minimum atomic E-state index is -1.20. The van der Waals surface area contributed by atoms with E-state index in [-0.39, 0.29) is 47.0 Å².